The number of benzene rings is 1. The zero-order valence-corrected chi connectivity index (χ0v) is 11.2. The molecule has 2 N–H and O–H groups in total. The number of aryl methyl sites for hydroxylation is 1. The van der Waals surface area contributed by atoms with Crippen molar-refractivity contribution in [1.82, 2.24) is 0 Å². The van der Waals surface area contributed by atoms with Gasteiger partial charge in [-0.1, -0.05) is 24.9 Å². The van der Waals surface area contributed by atoms with Gasteiger partial charge in [-0.3, -0.25) is 0 Å². The maximum absolute atomic E-state index is 5.93. The number of hydrogen-bond donors (Lipinski definition) is 1. The summed E-state index contributed by atoms with van der Waals surface area (Å²) in [7, 11) is 0. The summed E-state index contributed by atoms with van der Waals surface area (Å²) in [4.78, 5) is 0. The molecule has 0 aliphatic carbocycles. The van der Waals surface area contributed by atoms with Crippen molar-refractivity contribution in [2.45, 2.75) is 26.7 Å². The van der Waals surface area contributed by atoms with Gasteiger partial charge < -0.3 is 15.2 Å². The molecule has 1 aromatic carbocycles. The Morgan fingerprint density at radius 2 is 2.00 bits per heavy atom. The zero-order chi connectivity index (χ0) is 12.7. The smallest absolute Gasteiger partial charge is 0.123 e. The van der Waals surface area contributed by atoms with Gasteiger partial charge in [-0.05, 0) is 25.0 Å². The van der Waals surface area contributed by atoms with Crippen LogP contribution in [0.5, 0.6) is 5.75 Å². The summed E-state index contributed by atoms with van der Waals surface area (Å²) in [6.45, 7) is 6.01. The van der Waals surface area contributed by atoms with Crippen LogP contribution in [-0.4, -0.2) is 19.8 Å². The van der Waals surface area contributed by atoms with E-state index < -0.39 is 0 Å². The molecule has 0 saturated heterocycles. The molecular weight excluding hydrogens is 238 g/mol. The van der Waals surface area contributed by atoms with Crippen molar-refractivity contribution in [3.63, 3.8) is 0 Å². The van der Waals surface area contributed by atoms with Crippen molar-refractivity contribution < 1.29 is 9.47 Å². The van der Waals surface area contributed by atoms with E-state index in [4.69, 9.17) is 26.8 Å². The van der Waals surface area contributed by atoms with E-state index in [0.29, 0.717) is 23.9 Å². The molecule has 17 heavy (non-hydrogen) atoms. The van der Waals surface area contributed by atoms with Crippen LogP contribution in [0.15, 0.2) is 12.1 Å². The highest BCUT2D eigenvalue weighted by Gasteiger charge is 2.04. The molecule has 0 atom stereocenters. The van der Waals surface area contributed by atoms with E-state index in [0.717, 1.165) is 30.8 Å². The average Bonchev–Trinajstić information content (AvgIpc) is 2.30. The number of halogens is 1. The topological polar surface area (TPSA) is 44.5 Å². The van der Waals surface area contributed by atoms with Crippen LogP contribution in [0.3, 0.4) is 0 Å². The molecular formula is C13H20ClNO2. The number of ether oxygens (including phenoxy) is 2. The Labute approximate surface area is 108 Å². The summed E-state index contributed by atoms with van der Waals surface area (Å²) >= 11 is 5.93. The fourth-order valence-electron chi connectivity index (χ4n) is 1.40. The fraction of sp³-hybridized carbons (Fsp3) is 0.538. The normalized spacial score (nSPS) is 10.5. The number of nitrogens with two attached hydrogens (primary N) is 1. The quantitative estimate of drug-likeness (QED) is 0.601. The molecule has 0 spiro atoms. The third kappa shape index (κ3) is 4.84. The van der Waals surface area contributed by atoms with Gasteiger partial charge in [0.25, 0.3) is 0 Å². The lowest BCUT2D eigenvalue weighted by Gasteiger charge is -2.11. The first-order valence-electron chi connectivity index (χ1n) is 5.91. The van der Waals surface area contributed by atoms with Crippen molar-refractivity contribution in [3.8, 4) is 5.75 Å². The number of rotatable bonds is 7. The molecule has 0 aliphatic rings. The lowest BCUT2D eigenvalue weighted by molar-refractivity contribution is 0.0978. The molecule has 0 bridgehead atoms. The number of nitrogen functional groups attached to an aromatic ring is 1. The van der Waals surface area contributed by atoms with Gasteiger partial charge in [0, 0.05) is 12.7 Å². The highest BCUT2D eigenvalue weighted by atomic mass is 35.5. The Kier molecular flexibility index (Phi) is 6.16. The molecule has 0 aliphatic heterocycles. The van der Waals surface area contributed by atoms with Gasteiger partial charge in [0.15, 0.2) is 0 Å². The predicted molar refractivity (Wildman–Crippen MR) is 71.8 cm³/mol. The van der Waals surface area contributed by atoms with Crippen molar-refractivity contribution in [2.75, 3.05) is 25.6 Å². The van der Waals surface area contributed by atoms with Crippen LogP contribution >= 0.6 is 11.6 Å². The summed E-state index contributed by atoms with van der Waals surface area (Å²) in [6.07, 6.45) is 2.24. The molecule has 3 nitrogen and oxygen atoms in total. The first-order chi connectivity index (χ1) is 8.15. The van der Waals surface area contributed by atoms with Gasteiger partial charge in [-0.15, -0.1) is 0 Å². The SMILES string of the molecule is CCCCOCCOc1cc(Cl)c(N)cc1C. The maximum Gasteiger partial charge on any atom is 0.123 e. The van der Waals surface area contributed by atoms with Crippen LogP contribution in [0.25, 0.3) is 0 Å². The van der Waals surface area contributed by atoms with E-state index in [9.17, 15) is 0 Å². The minimum atomic E-state index is 0.525. The highest BCUT2D eigenvalue weighted by molar-refractivity contribution is 6.33. The monoisotopic (exact) mass is 257 g/mol. The number of unbranched alkanes of at least 4 members (excludes halogenated alkanes) is 1. The van der Waals surface area contributed by atoms with E-state index in [1.807, 2.05) is 13.0 Å². The molecule has 1 rings (SSSR count). The molecule has 96 valence electrons. The van der Waals surface area contributed by atoms with Crippen LogP contribution in [0.1, 0.15) is 25.3 Å². The van der Waals surface area contributed by atoms with Crippen LogP contribution in [-0.2, 0) is 4.74 Å². The Morgan fingerprint density at radius 1 is 1.24 bits per heavy atom. The summed E-state index contributed by atoms with van der Waals surface area (Å²) in [5.74, 6) is 0.767. The molecule has 0 aromatic heterocycles. The van der Waals surface area contributed by atoms with Crippen LogP contribution < -0.4 is 10.5 Å². The number of anilines is 1. The zero-order valence-electron chi connectivity index (χ0n) is 10.5. The van der Waals surface area contributed by atoms with E-state index in [1.54, 1.807) is 6.07 Å². The Bertz CT molecular complexity index is 356. The molecule has 0 radical (unpaired) electrons. The largest absolute Gasteiger partial charge is 0.491 e. The van der Waals surface area contributed by atoms with Gasteiger partial charge >= 0.3 is 0 Å². The second-order valence-corrected chi connectivity index (χ2v) is 4.36. The van der Waals surface area contributed by atoms with Gasteiger partial charge in [0.1, 0.15) is 12.4 Å². The summed E-state index contributed by atoms with van der Waals surface area (Å²) in [6, 6.07) is 3.56. The average molecular weight is 258 g/mol. The molecule has 1 aromatic rings. The molecule has 0 unspecified atom stereocenters. The maximum atomic E-state index is 5.93. The van der Waals surface area contributed by atoms with Crippen molar-refractivity contribution >= 4 is 17.3 Å². The van der Waals surface area contributed by atoms with Crippen molar-refractivity contribution in [2.24, 2.45) is 0 Å². The minimum Gasteiger partial charge on any atom is -0.491 e. The summed E-state index contributed by atoms with van der Waals surface area (Å²) in [5, 5.41) is 0.525. The van der Waals surface area contributed by atoms with Crippen LogP contribution in [0.4, 0.5) is 5.69 Å². The molecule has 0 heterocycles. The molecule has 0 amide bonds. The molecule has 0 fully saturated rings. The minimum absolute atomic E-state index is 0.525. The second-order valence-electron chi connectivity index (χ2n) is 3.95. The number of hydrogen-bond acceptors (Lipinski definition) is 3. The van der Waals surface area contributed by atoms with E-state index in [2.05, 4.69) is 6.92 Å². The van der Waals surface area contributed by atoms with E-state index >= 15 is 0 Å². The summed E-state index contributed by atoms with van der Waals surface area (Å²) in [5.41, 5.74) is 7.25. The highest BCUT2D eigenvalue weighted by Crippen LogP contribution is 2.28. The second kappa shape index (κ2) is 7.41. The van der Waals surface area contributed by atoms with Gasteiger partial charge in [0.05, 0.1) is 17.3 Å². The lowest BCUT2D eigenvalue weighted by Crippen LogP contribution is -2.08. The third-order valence-corrected chi connectivity index (χ3v) is 2.75. The predicted octanol–water partition coefficient (Wildman–Crippen LogP) is 3.43. The Hall–Kier alpha value is -0.930. The standard InChI is InChI=1S/C13H20ClNO2/c1-3-4-5-16-6-7-17-13-9-11(14)12(15)8-10(13)2/h8-9H,3-7,15H2,1-2H3. The molecule has 0 saturated carbocycles. The van der Waals surface area contributed by atoms with Gasteiger partial charge in [-0.2, -0.15) is 0 Å². The summed E-state index contributed by atoms with van der Waals surface area (Å²) < 4.78 is 11.0. The van der Waals surface area contributed by atoms with Crippen LogP contribution in [0.2, 0.25) is 5.02 Å². The molecule has 4 heteroatoms. The fourth-order valence-corrected chi connectivity index (χ4v) is 1.55. The first kappa shape index (κ1) is 14.1. The first-order valence-corrected chi connectivity index (χ1v) is 6.29. The van der Waals surface area contributed by atoms with Crippen LogP contribution in [0, 0.1) is 6.92 Å². The van der Waals surface area contributed by atoms with Crippen molar-refractivity contribution in [1.29, 1.82) is 0 Å². The lowest BCUT2D eigenvalue weighted by atomic mass is 10.2. The Morgan fingerprint density at radius 3 is 2.71 bits per heavy atom. The van der Waals surface area contributed by atoms with Gasteiger partial charge in [0.2, 0.25) is 0 Å². The van der Waals surface area contributed by atoms with Gasteiger partial charge in [-0.25, -0.2) is 0 Å². The Balaban J connectivity index is 2.34. The van der Waals surface area contributed by atoms with Crippen molar-refractivity contribution in [3.05, 3.63) is 22.7 Å². The van der Waals surface area contributed by atoms with E-state index in [-0.39, 0.29) is 0 Å². The van der Waals surface area contributed by atoms with E-state index in [1.165, 1.54) is 0 Å². The third-order valence-electron chi connectivity index (χ3n) is 2.42.